The first kappa shape index (κ1) is 22.9. The smallest absolute Gasteiger partial charge is 0.234 e. The third kappa shape index (κ3) is 6.61. The largest absolute Gasteiger partial charge is 0.356 e. The molecule has 0 aliphatic carbocycles. The Labute approximate surface area is 184 Å². The quantitative estimate of drug-likeness (QED) is 0.602. The zero-order valence-corrected chi connectivity index (χ0v) is 18.1. The minimum Gasteiger partial charge on any atom is -0.356 e. The van der Waals surface area contributed by atoms with Crippen LogP contribution in [0.2, 0.25) is 0 Å². The minimum absolute atomic E-state index is 0.00817. The highest BCUT2D eigenvalue weighted by Gasteiger charge is 2.26. The Morgan fingerprint density at radius 2 is 2.06 bits per heavy atom. The molecule has 10 heteroatoms. The van der Waals surface area contributed by atoms with E-state index in [1.165, 1.54) is 6.07 Å². The first-order chi connectivity index (χ1) is 15.0. The van der Waals surface area contributed by atoms with E-state index in [2.05, 4.69) is 20.8 Å². The lowest BCUT2D eigenvalue weighted by atomic mass is 9.97. The van der Waals surface area contributed by atoms with Crippen molar-refractivity contribution in [3.63, 3.8) is 0 Å². The number of hydrogen-bond donors (Lipinski definition) is 2. The molecule has 31 heavy (non-hydrogen) atoms. The van der Waals surface area contributed by atoms with Gasteiger partial charge in [0.2, 0.25) is 11.8 Å². The number of carbonyl (C=O) groups excluding carboxylic acids is 2. The van der Waals surface area contributed by atoms with Crippen molar-refractivity contribution in [3.05, 3.63) is 42.0 Å². The van der Waals surface area contributed by atoms with Crippen LogP contribution >= 0.6 is 11.8 Å². The highest BCUT2D eigenvalue weighted by atomic mass is 32.2. The maximum Gasteiger partial charge on any atom is 0.234 e. The number of piperidine rings is 1. The van der Waals surface area contributed by atoms with Crippen molar-refractivity contribution in [1.82, 2.24) is 15.5 Å². The molecule has 2 aromatic rings. The highest BCUT2D eigenvalue weighted by molar-refractivity contribution is 7.99. The van der Waals surface area contributed by atoms with Gasteiger partial charge >= 0.3 is 0 Å². The number of halogens is 2. The van der Waals surface area contributed by atoms with Crippen LogP contribution in [0.4, 0.5) is 20.3 Å². The summed E-state index contributed by atoms with van der Waals surface area (Å²) in [5.41, 5.74) is -0.0731. The molecule has 2 N–H and O–H groups in total. The van der Waals surface area contributed by atoms with Crippen molar-refractivity contribution in [2.24, 2.45) is 5.92 Å². The van der Waals surface area contributed by atoms with Crippen LogP contribution in [0, 0.1) is 17.6 Å². The van der Waals surface area contributed by atoms with Crippen LogP contribution in [0.15, 0.2) is 35.4 Å². The van der Waals surface area contributed by atoms with Crippen LogP contribution < -0.4 is 15.5 Å². The molecule has 1 unspecified atom stereocenters. The van der Waals surface area contributed by atoms with E-state index < -0.39 is 17.5 Å². The summed E-state index contributed by atoms with van der Waals surface area (Å²) >= 11 is 1.16. The number of nitrogens with zero attached hydrogens (tertiary/aromatic N) is 3. The van der Waals surface area contributed by atoms with Gasteiger partial charge in [-0.25, -0.2) is 8.78 Å². The molecule has 1 aliphatic heterocycles. The van der Waals surface area contributed by atoms with Crippen LogP contribution in [0.25, 0.3) is 0 Å². The number of hydrogen-bond acceptors (Lipinski definition) is 6. The number of anilines is 2. The maximum absolute atomic E-state index is 13.6. The average Bonchev–Trinajstić information content (AvgIpc) is 2.78. The summed E-state index contributed by atoms with van der Waals surface area (Å²) in [6, 6.07) is 6.55. The van der Waals surface area contributed by atoms with E-state index >= 15 is 0 Å². The second-order valence-electron chi connectivity index (χ2n) is 7.27. The van der Waals surface area contributed by atoms with E-state index in [1.54, 1.807) is 6.07 Å². The van der Waals surface area contributed by atoms with Gasteiger partial charge in [-0.15, -0.1) is 10.2 Å². The Hall–Kier alpha value is -2.75. The van der Waals surface area contributed by atoms with Crippen LogP contribution in [0.5, 0.6) is 0 Å². The van der Waals surface area contributed by atoms with Crippen molar-refractivity contribution < 1.29 is 18.4 Å². The Morgan fingerprint density at radius 3 is 2.77 bits per heavy atom. The van der Waals surface area contributed by atoms with E-state index in [0.717, 1.165) is 43.6 Å². The lowest BCUT2D eigenvalue weighted by Gasteiger charge is -2.32. The number of benzene rings is 1. The van der Waals surface area contributed by atoms with Crippen LogP contribution in [0.3, 0.4) is 0 Å². The van der Waals surface area contributed by atoms with Crippen molar-refractivity contribution in [1.29, 1.82) is 0 Å². The van der Waals surface area contributed by atoms with Crippen molar-refractivity contribution >= 4 is 35.1 Å². The van der Waals surface area contributed by atoms with Crippen LogP contribution in [-0.4, -0.2) is 47.4 Å². The lowest BCUT2D eigenvalue weighted by Crippen LogP contribution is -2.43. The fraction of sp³-hybridized carbons (Fsp3) is 0.429. The van der Waals surface area contributed by atoms with E-state index in [-0.39, 0.29) is 23.3 Å². The molecule has 1 atom stereocenters. The zero-order valence-electron chi connectivity index (χ0n) is 17.2. The first-order valence-corrected chi connectivity index (χ1v) is 11.2. The van der Waals surface area contributed by atoms with Gasteiger partial charge in [0, 0.05) is 25.7 Å². The molecule has 1 aromatic heterocycles. The SMILES string of the molecule is CCCNC(=O)C1CCCN(c2ccc(SCC(=O)Nc3ccc(F)cc3F)nn2)C1. The van der Waals surface area contributed by atoms with Gasteiger partial charge < -0.3 is 15.5 Å². The summed E-state index contributed by atoms with van der Waals surface area (Å²) in [5, 5.41) is 14.3. The summed E-state index contributed by atoms with van der Waals surface area (Å²) in [6.45, 7) is 4.11. The van der Waals surface area contributed by atoms with Gasteiger partial charge in [-0.05, 0) is 43.5 Å². The molecule has 0 spiro atoms. The minimum atomic E-state index is -0.828. The number of nitrogens with one attached hydrogen (secondary N) is 2. The second-order valence-corrected chi connectivity index (χ2v) is 8.26. The molecule has 1 aromatic carbocycles. The molecule has 1 saturated heterocycles. The van der Waals surface area contributed by atoms with Gasteiger partial charge in [0.25, 0.3) is 0 Å². The molecule has 2 heterocycles. The number of rotatable bonds is 8. The van der Waals surface area contributed by atoms with E-state index in [4.69, 9.17) is 0 Å². The Morgan fingerprint density at radius 1 is 1.23 bits per heavy atom. The fourth-order valence-corrected chi connectivity index (χ4v) is 3.88. The number of amides is 2. The zero-order chi connectivity index (χ0) is 22.2. The third-order valence-electron chi connectivity index (χ3n) is 4.85. The van der Waals surface area contributed by atoms with Gasteiger partial charge in [-0.1, -0.05) is 18.7 Å². The molecule has 7 nitrogen and oxygen atoms in total. The van der Waals surface area contributed by atoms with Crippen molar-refractivity contribution in [3.8, 4) is 0 Å². The molecule has 2 amide bonds. The lowest BCUT2D eigenvalue weighted by molar-refractivity contribution is -0.125. The highest BCUT2D eigenvalue weighted by Crippen LogP contribution is 2.23. The molecule has 1 fully saturated rings. The van der Waals surface area contributed by atoms with Gasteiger partial charge in [-0.3, -0.25) is 9.59 Å². The van der Waals surface area contributed by atoms with Crippen molar-refractivity contribution in [2.75, 3.05) is 35.6 Å². The van der Waals surface area contributed by atoms with Gasteiger partial charge in [0.05, 0.1) is 17.4 Å². The summed E-state index contributed by atoms with van der Waals surface area (Å²) in [4.78, 5) is 26.3. The summed E-state index contributed by atoms with van der Waals surface area (Å²) in [6.07, 6.45) is 2.67. The molecule has 0 radical (unpaired) electrons. The molecular weight excluding hydrogens is 424 g/mol. The van der Waals surface area contributed by atoms with E-state index in [0.29, 0.717) is 30.0 Å². The van der Waals surface area contributed by atoms with Gasteiger partial charge in [0.15, 0.2) is 5.82 Å². The third-order valence-corrected chi connectivity index (χ3v) is 5.77. The predicted octanol–water partition coefficient (Wildman–Crippen LogP) is 3.23. The number of aromatic nitrogens is 2. The molecule has 166 valence electrons. The topological polar surface area (TPSA) is 87.2 Å². The standard InChI is InChI=1S/C21H25F2N5O2S/c1-2-9-24-21(30)14-4-3-10-28(12-14)18-7-8-20(27-26-18)31-13-19(29)25-17-6-5-15(22)11-16(17)23/h5-8,11,14H,2-4,9-10,12-13H2,1H3,(H,24,30)(H,25,29). The number of thioether (sulfide) groups is 1. The normalized spacial score (nSPS) is 16.1. The van der Waals surface area contributed by atoms with Gasteiger partial charge in [-0.2, -0.15) is 0 Å². The Bertz CT molecular complexity index is 913. The maximum atomic E-state index is 13.6. The second kappa shape index (κ2) is 11.0. The summed E-state index contributed by atoms with van der Waals surface area (Å²) in [7, 11) is 0. The van der Waals surface area contributed by atoms with Crippen LogP contribution in [0.1, 0.15) is 26.2 Å². The predicted molar refractivity (Wildman–Crippen MR) is 116 cm³/mol. The van der Waals surface area contributed by atoms with E-state index in [1.807, 2.05) is 17.9 Å². The molecular formula is C21H25F2N5O2S. The average molecular weight is 450 g/mol. The summed E-state index contributed by atoms with van der Waals surface area (Å²) in [5.74, 6) is -1.25. The Balaban J connectivity index is 1.50. The molecule has 3 rings (SSSR count). The van der Waals surface area contributed by atoms with Gasteiger partial charge in [0.1, 0.15) is 16.7 Å². The Kier molecular flexibility index (Phi) is 8.16. The monoisotopic (exact) mass is 449 g/mol. The van der Waals surface area contributed by atoms with Crippen molar-refractivity contribution in [2.45, 2.75) is 31.2 Å². The number of carbonyl (C=O) groups is 2. The molecule has 1 aliphatic rings. The van der Waals surface area contributed by atoms with Crippen LogP contribution in [-0.2, 0) is 9.59 Å². The molecule has 0 bridgehead atoms. The molecule has 0 saturated carbocycles. The summed E-state index contributed by atoms with van der Waals surface area (Å²) < 4.78 is 26.6. The first-order valence-electron chi connectivity index (χ1n) is 10.2. The van der Waals surface area contributed by atoms with E-state index in [9.17, 15) is 18.4 Å². The fourth-order valence-electron chi connectivity index (χ4n) is 3.27.